The molecular weight excluding hydrogens is 260 g/mol. The first-order valence-corrected chi connectivity index (χ1v) is 5.22. The first-order valence-electron chi connectivity index (χ1n) is 4.81. The lowest BCUT2D eigenvalue weighted by molar-refractivity contribution is 0.448. The molecule has 92 valence electrons. The van der Waals surface area contributed by atoms with Gasteiger partial charge in [-0.3, -0.25) is 0 Å². The molecule has 2 rings (SSSR count). The highest BCUT2D eigenvalue weighted by atomic mass is 32.1. The van der Waals surface area contributed by atoms with Gasteiger partial charge in [0.25, 0.3) is 0 Å². The monoisotopic (exact) mass is 267 g/mol. The van der Waals surface area contributed by atoms with Gasteiger partial charge in [0, 0.05) is 30.6 Å². The maximum Gasteiger partial charge on any atom is 0.248 e. The number of rotatable bonds is 3. The van der Waals surface area contributed by atoms with Gasteiger partial charge < -0.3 is 10.5 Å². The van der Waals surface area contributed by atoms with Crippen molar-refractivity contribution in [2.75, 3.05) is 0 Å². The van der Waals surface area contributed by atoms with Crippen LogP contribution in [-0.4, -0.2) is 15.0 Å². The summed E-state index contributed by atoms with van der Waals surface area (Å²) in [6.45, 7) is 0. The lowest BCUT2D eigenvalue weighted by Gasteiger charge is -2.07. The molecule has 0 saturated carbocycles. The van der Waals surface area contributed by atoms with Gasteiger partial charge >= 0.3 is 0 Å². The summed E-state index contributed by atoms with van der Waals surface area (Å²) in [5.41, 5.74) is 5.58. The van der Waals surface area contributed by atoms with Gasteiger partial charge in [-0.1, -0.05) is 12.2 Å². The van der Waals surface area contributed by atoms with Crippen molar-refractivity contribution in [2.24, 2.45) is 5.73 Å². The van der Waals surface area contributed by atoms with Crippen molar-refractivity contribution in [1.82, 2.24) is 9.97 Å². The van der Waals surface area contributed by atoms with Crippen LogP contribution < -0.4 is 10.5 Å². The lowest BCUT2D eigenvalue weighted by atomic mass is 10.3. The van der Waals surface area contributed by atoms with E-state index in [2.05, 4.69) is 9.97 Å². The second kappa shape index (κ2) is 5.01. The summed E-state index contributed by atoms with van der Waals surface area (Å²) in [7, 11) is 0. The zero-order valence-corrected chi connectivity index (χ0v) is 9.75. The number of thiocarbonyl (C=S) groups is 1. The molecule has 1 heterocycles. The standard InChI is InChI=1S/C11H7F2N3OS/c12-6-3-7(13)5-8(4-6)17-11-9(10(14)18)15-1-2-16-11/h1-5H,(H2,14,18). The summed E-state index contributed by atoms with van der Waals surface area (Å²) in [5.74, 6) is -1.57. The number of hydrogen-bond acceptors (Lipinski definition) is 4. The van der Waals surface area contributed by atoms with Gasteiger partial charge in [-0.05, 0) is 0 Å². The van der Waals surface area contributed by atoms with Crippen molar-refractivity contribution in [3.05, 3.63) is 47.9 Å². The number of ether oxygens (including phenoxy) is 1. The van der Waals surface area contributed by atoms with Gasteiger partial charge in [0.1, 0.15) is 22.4 Å². The zero-order chi connectivity index (χ0) is 13.1. The van der Waals surface area contributed by atoms with Crippen LogP contribution in [0.5, 0.6) is 11.6 Å². The molecule has 0 aliphatic rings. The van der Waals surface area contributed by atoms with Crippen molar-refractivity contribution in [3.63, 3.8) is 0 Å². The Morgan fingerprint density at radius 3 is 2.33 bits per heavy atom. The Morgan fingerprint density at radius 1 is 1.11 bits per heavy atom. The molecule has 18 heavy (non-hydrogen) atoms. The maximum atomic E-state index is 13.0. The quantitative estimate of drug-likeness (QED) is 0.864. The van der Waals surface area contributed by atoms with Crippen LogP contribution in [0.4, 0.5) is 8.78 Å². The first kappa shape index (κ1) is 12.3. The zero-order valence-electron chi connectivity index (χ0n) is 8.93. The van der Waals surface area contributed by atoms with Gasteiger partial charge in [0.2, 0.25) is 5.88 Å². The third kappa shape index (κ3) is 2.75. The molecular formula is C11H7F2N3OS. The largest absolute Gasteiger partial charge is 0.437 e. The van der Waals surface area contributed by atoms with Crippen molar-refractivity contribution in [1.29, 1.82) is 0 Å². The molecule has 2 aromatic rings. The van der Waals surface area contributed by atoms with Crippen LogP contribution in [-0.2, 0) is 0 Å². The SMILES string of the molecule is NC(=S)c1nccnc1Oc1cc(F)cc(F)c1. The van der Waals surface area contributed by atoms with Crippen molar-refractivity contribution in [3.8, 4) is 11.6 Å². The van der Waals surface area contributed by atoms with Gasteiger partial charge in [0.15, 0.2) is 5.69 Å². The summed E-state index contributed by atoms with van der Waals surface area (Å²) in [6, 6.07) is 2.76. The molecule has 4 nitrogen and oxygen atoms in total. The van der Waals surface area contributed by atoms with Crippen molar-refractivity contribution < 1.29 is 13.5 Å². The van der Waals surface area contributed by atoms with Crippen LogP contribution in [0.25, 0.3) is 0 Å². The Hall–Kier alpha value is -2.15. The third-order valence-electron chi connectivity index (χ3n) is 1.95. The fraction of sp³-hybridized carbons (Fsp3) is 0. The molecule has 0 amide bonds. The van der Waals surface area contributed by atoms with E-state index in [-0.39, 0.29) is 22.3 Å². The Morgan fingerprint density at radius 2 is 1.72 bits per heavy atom. The number of nitrogens with zero attached hydrogens (tertiary/aromatic N) is 2. The predicted octanol–water partition coefficient (Wildman–Crippen LogP) is 2.18. The number of aromatic nitrogens is 2. The summed E-state index contributed by atoms with van der Waals surface area (Å²) >= 11 is 4.76. The van der Waals surface area contributed by atoms with Crippen LogP contribution >= 0.6 is 12.2 Å². The van der Waals surface area contributed by atoms with E-state index in [0.29, 0.717) is 0 Å². The van der Waals surface area contributed by atoms with Crippen LogP contribution in [0.1, 0.15) is 5.69 Å². The van der Waals surface area contributed by atoms with Crippen LogP contribution in [0.15, 0.2) is 30.6 Å². The Balaban J connectivity index is 2.37. The van der Waals surface area contributed by atoms with E-state index in [1.165, 1.54) is 12.4 Å². The van der Waals surface area contributed by atoms with Crippen LogP contribution in [0, 0.1) is 11.6 Å². The maximum absolute atomic E-state index is 13.0. The summed E-state index contributed by atoms with van der Waals surface area (Å²) in [6.07, 6.45) is 2.74. The minimum absolute atomic E-state index is 0.00463. The minimum atomic E-state index is -0.759. The average Bonchev–Trinajstić information content (AvgIpc) is 2.27. The van der Waals surface area contributed by atoms with Crippen molar-refractivity contribution in [2.45, 2.75) is 0 Å². The average molecular weight is 267 g/mol. The smallest absolute Gasteiger partial charge is 0.248 e. The number of halogens is 2. The van der Waals surface area contributed by atoms with Gasteiger partial charge in [-0.25, -0.2) is 18.7 Å². The molecule has 0 aliphatic heterocycles. The van der Waals surface area contributed by atoms with E-state index < -0.39 is 11.6 Å². The number of benzene rings is 1. The molecule has 0 fully saturated rings. The molecule has 0 atom stereocenters. The summed E-state index contributed by atoms with van der Waals surface area (Å²) in [4.78, 5) is 7.72. The molecule has 0 unspecified atom stereocenters. The van der Waals surface area contributed by atoms with Crippen LogP contribution in [0.3, 0.4) is 0 Å². The van der Waals surface area contributed by atoms with E-state index in [1.54, 1.807) is 0 Å². The minimum Gasteiger partial charge on any atom is -0.437 e. The fourth-order valence-corrected chi connectivity index (χ4v) is 1.41. The Bertz CT molecular complexity index is 586. The molecule has 0 aliphatic carbocycles. The van der Waals surface area contributed by atoms with Crippen LogP contribution in [0.2, 0.25) is 0 Å². The normalized spacial score (nSPS) is 10.1. The molecule has 0 spiro atoms. The van der Waals surface area contributed by atoms with Crippen molar-refractivity contribution >= 4 is 17.2 Å². The second-order valence-electron chi connectivity index (χ2n) is 3.28. The Kier molecular flexibility index (Phi) is 3.42. The second-order valence-corrected chi connectivity index (χ2v) is 3.72. The first-order chi connectivity index (χ1) is 8.56. The molecule has 2 N–H and O–H groups in total. The van der Waals surface area contributed by atoms with Gasteiger partial charge in [-0.2, -0.15) is 0 Å². The van der Waals surface area contributed by atoms with E-state index in [1.807, 2.05) is 0 Å². The predicted molar refractivity (Wildman–Crippen MR) is 64.4 cm³/mol. The molecule has 0 bridgehead atoms. The van der Waals surface area contributed by atoms with E-state index in [9.17, 15) is 8.78 Å². The highest BCUT2D eigenvalue weighted by Gasteiger charge is 2.11. The summed E-state index contributed by atoms with van der Waals surface area (Å²) in [5, 5.41) is 0. The van der Waals surface area contributed by atoms with E-state index in [0.717, 1.165) is 18.2 Å². The van der Waals surface area contributed by atoms with Gasteiger partial charge in [0.05, 0.1) is 0 Å². The summed E-state index contributed by atoms with van der Waals surface area (Å²) < 4.78 is 31.2. The Labute approximate surface area is 106 Å². The molecule has 1 aromatic heterocycles. The van der Waals surface area contributed by atoms with E-state index >= 15 is 0 Å². The molecule has 0 saturated heterocycles. The number of nitrogens with two attached hydrogens (primary N) is 1. The highest BCUT2D eigenvalue weighted by molar-refractivity contribution is 7.80. The molecule has 0 radical (unpaired) electrons. The fourth-order valence-electron chi connectivity index (χ4n) is 1.27. The van der Waals surface area contributed by atoms with E-state index in [4.69, 9.17) is 22.7 Å². The highest BCUT2D eigenvalue weighted by Crippen LogP contribution is 2.23. The number of hydrogen-bond donors (Lipinski definition) is 1. The topological polar surface area (TPSA) is 61.0 Å². The third-order valence-corrected chi connectivity index (χ3v) is 2.14. The van der Waals surface area contributed by atoms with Gasteiger partial charge in [-0.15, -0.1) is 0 Å². The lowest BCUT2D eigenvalue weighted by Crippen LogP contribution is -2.13. The molecule has 7 heteroatoms. The molecule has 1 aromatic carbocycles.